The fourth-order valence-electron chi connectivity index (χ4n) is 2.42. The molecule has 0 radical (unpaired) electrons. The Kier molecular flexibility index (Phi) is 5.48. The Bertz CT molecular complexity index is 1120. The first-order valence-electron chi connectivity index (χ1n) is 8.05. The van der Waals surface area contributed by atoms with E-state index in [0.29, 0.717) is 12.1 Å². The van der Waals surface area contributed by atoms with Crippen LogP contribution in [0.3, 0.4) is 0 Å². The third kappa shape index (κ3) is 5.02. The highest BCUT2D eigenvalue weighted by Crippen LogP contribution is 2.38. The smallest absolute Gasteiger partial charge is 0.366 e. The fraction of sp³-hybridized carbons (Fsp3) is 0.118. The molecule has 3 aromatic rings. The van der Waals surface area contributed by atoms with Crippen molar-refractivity contribution in [3.05, 3.63) is 59.7 Å². The molecule has 0 bridgehead atoms. The molecule has 0 fully saturated rings. The second kappa shape index (κ2) is 7.77. The van der Waals surface area contributed by atoms with Crippen molar-refractivity contribution >= 4 is 17.7 Å². The lowest BCUT2D eigenvalue weighted by Gasteiger charge is -2.13. The summed E-state index contributed by atoms with van der Waals surface area (Å²) in [6, 6.07) is 0.892. The molecule has 7 nitrogen and oxygen atoms in total. The van der Waals surface area contributed by atoms with Gasteiger partial charge in [-0.25, -0.2) is 19.6 Å². The maximum Gasteiger partial charge on any atom is 0.416 e. The average molecular weight is 446 g/mol. The van der Waals surface area contributed by atoms with Crippen molar-refractivity contribution in [1.29, 1.82) is 0 Å². The molecular weight excluding hydrogens is 437 g/mol. The summed E-state index contributed by atoms with van der Waals surface area (Å²) in [5, 5.41) is 3.76. The first kappa shape index (κ1) is 21.9. The minimum atomic E-state index is -5.04. The fourth-order valence-corrected chi connectivity index (χ4v) is 2.42. The maximum atomic E-state index is 13.0. The van der Waals surface area contributed by atoms with Crippen LogP contribution in [0.25, 0.3) is 23.2 Å². The second-order valence-corrected chi connectivity index (χ2v) is 5.99. The van der Waals surface area contributed by atoms with E-state index in [1.165, 1.54) is 0 Å². The van der Waals surface area contributed by atoms with E-state index in [1.807, 2.05) is 0 Å². The Morgan fingerprint density at radius 1 is 0.935 bits per heavy atom. The Labute approximate surface area is 168 Å². The van der Waals surface area contributed by atoms with Crippen molar-refractivity contribution in [3.8, 4) is 11.4 Å². The summed E-state index contributed by atoms with van der Waals surface area (Å²) in [4.78, 5) is 21.9. The lowest BCUT2D eigenvalue weighted by molar-refractivity contribution is -0.143. The van der Waals surface area contributed by atoms with Crippen LogP contribution >= 0.6 is 0 Å². The van der Waals surface area contributed by atoms with Crippen molar-refractivity contribution in [2.45, 2.75) is 12.4 Å². The van der Waals surface area contributed by atoms with E-state index in [0.717, 1.165) is 29.6 Å². The molecule has 0 saturated heterocycles. The Morgan fingerprint density at radius 3 is 1.97 bits per heavy atom. The molecule has 0 aliphatic heterocycles. The van der Waals surface area contributed by atoms with Gasteiger partial charge in [0.05, 0.1) is 16.7 Å². The molecule has 0 spiro atoms. The predicted molar refractivity (Wildman–Crippen MR) is 90.8 cm³/mol. The van der Waals surface area contributed by atoms with Crippen molar-refractivity contribution in [2.75, 3.05) is 0 Å². The monoisotopic (exact) mass is 446 g/mol. The summed E-state index contributed by atoms with van der Waals surface area (Å²) in [7, 11) is 0. The number of benzene rings is 1. The quantitative estimate of drug-likeness (QED) is 0.376. The van der Waals surface area contributed by atoms with Gasteiger partial charge in [-0.05, 0) is 18.2 Å². The molecule has 0 aliphatic carbocycles. The van der Waals surface area contributed by atoms with E-state index in [4.69, 9.17) is 5.73 Å². The molecule has 3 rings (SSSR count). The summed E-state index contributed by atoms with van der Waals surface area (Å²) in [6.07, 6.45) is -7.36. The molecule has 2 heterocycles. The zero-order chi connectivity index (χ0) is 23.0. The van der Waals surface area contributed by atoms with E-state index >= 15 is 0 Å². The number of halogens is 7. The summed E-state index contributed by atoms with van der Waals surface area (Å²) in [5.41, 5.74) is 1.33. The van der Waals surface area contributed by atoms with Crippen molar-refractivity contribution in [3.63, 3.8) is 0 Å². The molecule has 1 aromatic carbocycles. The molecule has 31 heavy (non-hydrogen) atoms. The Morgan fingerprint density at radius 2 is 1.48 bits per heavy atom. The molecular formula is C17H9F7N6O. The molecule has 2 N–H and O–H groups in total. The second-order valence-electron chi connectivity index (χ2n) is 5.99. The zero-order valence-electron chi connectivity index (χ0n) is 14.9. The van der Waals surface area contributed by atoms with E-state index in [2.05, 4.69) is 20.1 Å². The van der Waals surface area contributed by atoms with Gasteiger partial charge in [0.2, 0.25) is 0 Å². The van der Waals surface area contributed by atoms with Crippen LogP contribution in [0.5, 0.6) is 0 Å². The van der Waals surface area contributed by atoms with Gasteiger partial charge in [0.15, 0.2) is 5.82 Å². The minimum absolute atomic E-state index is 0.00984. The van der Waals surface area contributed by atoms with Gasteiger partial charge < -0.3 is 5.73 Å². The molecule has 14 heteroatoms. The summed E-state index contributed by atoms with van der Waals surface area (Å²) in [6.45, 7) is 0. The zero-order valence-corrected chi connectivity index (χ0v) is 14.9. The molecule has 0 saturated carbocycles. The summed E-state index contributed by atoms with van der Waals surface area (Å²) < 4.78 is 91.8. The molecule has 0 unspecified atom stereocenters. The lowest BCUT2D eigenvalue weighted by atomic mass is 10.0. The van der Waals surface area contributed by atoms with Gasteiger partial charge in [-0.2, -0.15) is 30.7 Å². The number of alkyl halides is 6. The normalized spacial score (nSPS) is 12.8. The van der Waals surface area contributed by atoms with Crippen LogP contribution in [0.1, 0.15) is 16.7 Å². The average Bonchev–Trinajstić information content (AvgIpc) is 3.14. The predicted octanol–water partition coefficient (Wildman–Crippen LogP) is 3.40. The van der Waals surface area contributed by atoms with Gasteiger partial charge in [0.25, 0.3) is 5.91 Å². The SMILES string of the molecule is NC(=O)/C(=C/n1cnc(-c2cc(C(F)(F)F)cc(C(F)(F)F)c2)n1)c1cnc(F)nc1. The molecule has 2 aromatic heterocycles. The molecule has 162 valence electrons. The van der Waals surface area contributed by atoms with Crippen LogP contribution in [0, 0.1) is 6.08 Å². The van der Waals surface area contributed by atoms with Gasteiger partial charge in [-0.3, -0.25) is 4.79 Å². The number of amides is 1. The summed E-state index contributed by atoms with van der Waals surface area (Å²) >= 11 is 0. The van der Waals surface area contributed by atoms with Gasteiger partial charge in [-0.1, -0.05) is 0 Å². The van der Waals surface area contributed by atoms with Crippen molar-refractivity contribution < 1.29 is 35.5 Å². The van der Waals surface area contributed by atoms with Crippen LogP contribution in [0.15, 0.2) is 36.9 Å². The van der Waals surface area contributed by atoms with Crippen LogP contribution in [-0.2, 0) is 17.1 Å². The number of nitrogens with zero attached hydrogens (tertiary/aromatic N) is 5. The first-order valence-corrected chi connectivity index (χ1v) is 8.05. The van der Waals surface area contributed by atoms with E-state index in [1.54, 1.807) is 0 Å². The van der Waals surface area contributed by atoms with Crippen molar-refractivity contribution in [1.82, 2.24) is 24.7 Å². The summed E-state index contributed by atoms with van der Waals surface area (Å²) in [5.74, 6) is -1.49. The van der Waals surface area contributed by atoms with E-state index in [9.17, 15) is 35.5 Å². The lowest BCUT2D eigenvalue weighted by Crippen LogP contribution is -2.14. The van der Waals surface area contributed by atoms with Crippen LogP contribution < -0.4 is 5.73 Å². The van der Waals surface area contributed by atoms with Gasteiger partial charge in [-0.15, -0.1) is 5.10 Å². The topological polar surface area (TPSA) is 99.6 Å². The maximum absolute atomic E-state index is 13.0. The number of nitrogens with two attached hydrogens (primary N) is 1. The highest BCUT2D eigenvalue weighted by molar-refractivity contribution is 6.22. The highest BCUT2D eigenvalue weighted by atomic mass is 19.4. The number of aromatic nitrogens is 5. The van der Waals surface area contributed by atoms with Crippen molar-refractivity contribution in [2.24, 2.45) is 5.73 Å². The Balaban J connectivity index is 2.06. The van der Waals surface area contributed by atoms with Crippen LogP contribution in [-0.4, -0.2) is 30.6 Å². The number of carbonyl (C=O) groups excluding carboxylic acids is 1. The van der Waals surface area contributed by atoms with Crippen LogP contribution in [0.4, 0.5) is 30.7 Å². The third-order valence-electron chi connectivity index (χ3n) is 3.81. The third-order valence-corrected chi connectivity index (χ3v) is 3.81. The standard InChI is InChI=1S/C17H9F7N6O/c18-15-26-4-9(5-27-15)12(13(25)31)6-30-7-28-14(29-30)8-1-10(16(19,20)21)3-11(2-8)17(22,23)24/h1-7H,(H2,25,31)/b12-6+. The largest absolute Gasteiger partial charge is 0.416 e. The molecule has 0 aliphatic rings. The van der Waals surface area contributed by atoms with E-state index in [-0.39, 0.29) is 17.2 Å². The van der Waals surface area contributed by atoms with Gasteiger partial charge in [0.1, 0.15) is 6.33 Å². The number of primary amides is 1. The Hall–Kier alpha value is -3.84. The minimum Gasteiger partial charge on any atom is -0.366 e. The van der Waals surface area contributed by atoms with Gasteiger partial charge in [0, 0.05) is 29.7 Å². The number of hydrogen-bond acceptors (Lipinski definition) is 5. The highest BCUT2D eigenvalue weighted by Gasteiger charge is 2.37. The van der Waals surface area contributed by atoms with E-state index < -0.39 is 46.9 Å². The molecule has 0 atom stereocenters. The molecule has 1 amide bonds. The number of hydrogen-bond donors (Lipinski definition) is 1. The number of carbonyl (C=O) groups is 1. The number of rotatable bonds is 4. The first-order chi connectivity index (χ1) is 14.3. The van der Waals surface area contributed by atoms with Crippen LogP contribution in [0.2, 0.25) is 0 Å². The van der Waals surface area contributed by atoms with Gasteiger partial charge >= 0.3 is 18.4 Å².